The van der Waals surface area contributed by atoms with Crippen LogP contribution in [0.4, 0.5) is 0 Å². The zero-order chi connectivity index (χ0) is 28.7. The van der Waals surface area contributed by atoms with Crippen LogP contribution in [0, 0.1) is 11.8 Å². The van der Waals surface area contributed by atoms with Gasteiger partial charge in [-0.3, -0.25) is 4.79 Å². The molecular formula is C29H34O11. The van der Waals surface area contributed by atoms with Crippen LogP contribution in [0.5, 0.6) is 5.75 Å². The van der Waals surface area contributed by atoms with E-state index in [9.17, 15) is 35.1 Å². The Bertz CT molecular complexity index is 1220. The highest BCUT2D eigenvalue weighted by atomic mass is 16.7. The first-order valence-electron chi connectivity index (χ1n) is 13.3. The van der Waals surface area contributed by atoms with Crippen molar-refractivity contribution >= 4 is 11.9 Å². The number of aliphatic hydroxyl groups excluding tert-OH is 4. The van der Waals surface area contributed by atoms with Gasteiger partial charge >= 0.3 is 11.9 Å². The lowest BCUT2D eigenvalue weighted by atomic mass is 9.82. The molecule has 0 unspecified atom stereocenters. The molecule has 9 atom stereocenters. The van der Waals surface area contributed by atoms with Crippen molar-refractivity contribution in [1.82, 2.24) is 0 Å². The fraction of sp³-hybridized carbons (Fsp3) is 0.517. The Hall–Kier alpha value is -3.06. The van der Waals surface area contributed by atoms with Crippen LogP contribution in [-0.4, -0.2) is 93.6 Å². The number of phenols is 1. The molecule has 5 N–H and O–H groups in total. The Kier molecular flexibility index (Phi) is 8.14. The number of aliphatic hydroxyl groups is 4. The third kappa shape index (κ3) is 5.32. The third-order valence-electron chi connectivity index (χ3n) is 8.22. The van der Waals surface area contributed by atoms with E-state index in [2.05, 4.69) is 6.58 Å². The molecule has 1 aromatic rings. The number of allylic oxidation sites excluding steroid dienone is 1. The molecule has 216 valence electrons. The van der Waals surface area contributed by atoms with Crippen molar-refractivity contribution in [3.8, 4) is 5.75 Å². The molecule has 2 saturated heterocycles. The minimum Gasteiger partial charge on any atom is -0.508 e. The topological polar surface area (TPSA) is 172 Å². The summed E-state index contributed by atoms with van der Waals surface area (Å²) in [5.74, 6) is -2.14. The lowest BCUT2D eigenvalue weighted by molar-refractivity contribution is -0.302. The number of hydrogen-bond donors (Lipinski definition) is 5. The minimum atomic E-state index is -1.61. The second-order valence-electron chi connectivity index (χ2n) is 10.8. The predicted octanol–water partition coefficient (Wildman–Crippen LogP) is 0.427. The van der Waals surface area contributed by atoms with E-state index in [0.29, 0.717) is 18.4 Å². The summed E-state index contributed by atoms with van der Waals surface area (Å²) in [6.07, 6.45) is -5.78. The molecule has 0 saturated carbocycles. The van der Waals surface area contributed by atoms with Gasteiger partial charge < -0.3 is 44.5 Å². The molecule has 4 aliphatic rings. The van der Waals surface area contributed by atoms with Crippen molar-refractivity contribution in [3.63, 3.8) is 0 Å². The smallest absolute Gasteiger partial charge is 0.334 e. The van der Waals surface area contributed by atoms with Gasteiger partial charge in [-0.15, -0.1) is 0 Å². The van der Waals surface area contributed by atoms with Crippen LogP contribution in [0.25, 0.3) is 0 Å². The molecule has 0 amide bonds. The van der Waals surface area contributed by atoms with Crippen molar-refractivity contribution < 1.29 is 54.1 Å². The molecule has 0 spiro atoms. The minimum absolute atomic E-state index is 0.0421. The normalized spacial score (nSPS) is 35.5. The lowest BCUT2D eigenvalue weighted by Crippen LogP contribution is -2.60. The SMILES string of the molecule is C=C1C(=O)O[C@@H]2[C@H]3C(CO[C@@H]4O[C@@H](CO)[C@H](O)[C@H](O)[C@H]4OC(=O)Cc4ccc(O)cc4)=CCC3=C(C)C[C@H](O)[C@@H]12. The van der Waals surface area contributed by atoms with Crippen molar-refractivity contribution in [2.24, 2.45) is 11.8 Å². The molecule has 5 rings (SSSR count). The van der Waals surface area contributed by atoms with Crippen LogP contribution < -0.4 is 0 Å². The van der Waals surface area contributed by atoms with Gasteiger partial charge in [0.2, 0.25) is 0 Å². The van der Waals surface area contributed by atoms with Gasteiger partial charge in [-0.1, -0.05) is 35.9 Å². The molecule has 11 heteroatoms. The summed E-state index contributed by atoms with van der Waals surface area (Å²) < 4.78 is 22.9. The average Bonchev–Trinajstić information content (AvgIpc) is 3.45. The van der Waals surface area contributed by atoms with Crippen LogP contribution in [0.15, 0.2) is 59.2 Å². The summed E-state index contributed by atoms with van der Waals surface area (Å²) in [6, 6.07) is 5.96. The number of carbonyl (C=O) groups is 2. The number of carbonyl (C=O) groups excluding carboxylic acids is 2. The molecule has 0 aromatic heterocycles. The molecule has 40 heavy (non-hydrogen) atoms. The largest absolute Gasteiger partial charge is 0.508 e. The number of aromatic hydroxyl groups is 1. The standard InChI is InChI=1S/C29H34O11/c1-13-9-19(32)22-14(2)28(36)40-26(22)23-16(5-8-18(13)23)12-37-29-27(25(35)24(34)20(11-30)38-29)39-21(33)10-15-3-6-17(31)7-4-15/h3-7,19-20,22-27,29-32,34-35H,2,8-12H2,1H3/t19-,20-,22+,23-,24-,25-,26-,27+,29+/m0/s1. The first-order valence-corrected chi connectivity index (χ1v) is 13.3. The molecule has 1 aromatic carbocycles. The summed E-state index contributed by atoms with van der Waals surface area (Å²) in [5.41, 5.74) is 3.58. The second-order valence-corrected chi connectivity index (χ2v) is 10.8. The van der Waals surface area contributed by atoms with E-state index >= 15 is 0 Å². The Morgan fingerprint density at radius 3 is 2.58 bits per heavy atom. The third-order valence-corrected chi connectivity index (χ3v) is 8.22. The van der Waals surface area contributed by atoms with E-state index in [0.717, 1.165) is 16.7 Å². The Morgan fingerprint density at radius 1 is 1.15 bits per heavy atom. The summed E-state index contributed by atoms with van der Waals surface area (Å²) >= 11 is 0. The monoisotopic (exact) mass is 558 g/mol. The maximum absolute atomic E-state index is 12.7. The zero-order valence-electron chi connectivity index (χ0n) is 22.0. The van der Waals surface area contributed by atoms with Gasteiger partial charge in [-0.2, -0.15) is 0 Å². The molecule has 2 aliphatic carbocycles. The highest BCUT2D eigenvalue weighted by Crippen LogP contribution is 2.48. The molecule has 0 radical (unpaired) electrons. The van der Waals surface area contributed by atoms with Gasteiger partial charge in [0.15, 0.2) is 12.4 Å². The first kappa shape index (κ1) is 28.5. The van der Waals surface area contributed by atoms with Crippen LogP contribution in [0.2, 0.25) is 0 Å². The van der Waals surface area contributed by atoms with E-state index < -0.39 is 67.4 Å². The molecule has 2 fully saturated rings. The Balaban J connectivity index is 1.32. The van der Waals surface area contributed by atoms with Gasteiger partial charge in [-0.05, 0) is 43.0 Å². The molecule has 2 heterocycles. The number of phenolic OH excluding ortho intramolecular Hbond substituents is 1. The van der Waals surface area contributed by atoms with Crippen LogP contribution in [0.3, 0.4) is 0 Å². The number of esters is 2. The number of ether oxygens (including phenoxy) is 4. The maximum Gasteiger partial charge on any atom is 0.334 e. The number of fused-ring (bicyclic) bond motifs is 3. The number of rotatable bonds is 7. The number of benzene rings is 1. The van der Waals surface area contributed by atoms with E-state index in [1.807, 2.05) is 13.0 Å². The maximum atomic E-state index is 12.7. The Morgan fingerprint density at radius 2 is 1.88 bits per heavy atom. The summed E-state index contributed by atoms with van der Waals surface area (Å²) in [4.78, 5) is 25.1. The molecule has 2 aliphatic heterocycles. The van der Waals surface area contributed by atoms with Gasteiger partial charge in [0.25, 0.3) is 0 Å². The average molecular weight is 559 g/mol. The fourth-order valence-corrected chi connectivity index (χ4v) is 6.09. The summed E-state index contributed by atoms with van der Waals surface area (Å²) in [7, 11) is 0. The van der Waals surface area contributed by atoms with Crippen LogP contribution in [-0.2, 0) is 35.0 Å². The highest BCUT2D eigenvalue weighted by Gasteiger charge is 2.52. The van der Waals surface area contributed by atoms with Crippen LogP contribution >= 0.6 is 0 Å². The van der Waals surface area contributed by atoms with Gasteiger partial charge in [-0.25, -0.2) is 4.79 Å². The molecular weight excluding hydrogens is 524 g/mol. The van der Waals surface area contributed by atoms with Crippen molar-refractivity contribution in [2.75, 3.05) is 13.2 Å². The van der Waals surface area contributed by atoms with E-state index in [1.54, 1.807) is 12.1 Å². The van der Waals surface area contributed by atoms with Gasteiger partial charge in [0.1, 0.15) is 30.2 Å². The Labute approximate surface area is 230 Å². The van der Waals surface area contributed by atoms with Gasteiger partial charge in [0.05, 0.1) is 31.7 Å². The van der Waals surface area contributed by atoms with E-state index in [-0.39, 0.29) is 30.3 Å². The quantitative estimate of drug-likeness (QED) is 0.178. The lowest BCUT2D eigenvalue weighted by Gasteiger charge is -2.41. The summed E-state index contributed by atoms with van der Waals surface area (Å²) in [5, 5.41) is 51.1. The van der Waals surface area contributed by atoms with Crippen LogP contribution in [0.1, 0.15) is 25.3 Å². The van der Waals surface area contributed by atoms with Crippen molar-refractivity contribution in [2.45, 2.75) is 69.1 Å². The number of hydrogen-bond acceptors (Lipinski definition) is 11. The van der Waals surface area contributed by atoms with Gasteiger partial charge in [0, 0.05) is 11.5 Å². The molecule has 11 nitrogen and oxygen atoms in total. The molecule has 0 bridgehead atoms. The van der Waals surface area contributed by atoms with E-state index in [1.165, 1.54) is 12.1 Å². The first-order chi connectivity index (χ1) is 19.1. The second kappa shape index (κ2) is 11.4. The highest BCUT2D eigenvalue weighted by molar-refractivity contribution is 5.91. The summed E-state index contributed by atoms with van der Waals surface area (Å²) in [6.45, 7) is 5.12. The fourth-order valence-electron chi connectivity index (χ4n) is 6.09. The van der Waals surface area contributed by atoms with Crippen molar-refractivity contribution in [3.05, 3.63) is 64.8 Å². The predicted molar refractivity (Wildman–Crippen MR) is 137 cm³/mol. The zero-order valence-corrected chi connectivity index (χ0v) is 22.0. The van der Waals surface area contributed by atoms with Crippen molar-refractivity contribution in [1.29, 1.82) is 0 Å². The van der Waals surface area contributed by atoms with E-state index in [4.69, 9.17) is 18.9 Å².